The van der Waals surface area contributed by atoms with Crippen LogP contribution in [0.25, 0.3) is 27.8 Å². The molecule has 6 nitrogen and oxygen atoms in total. The SMILES string of the molecule is Cc1c(N2CCCNCC2)ccc2c3nn(-c4ccccc4)c(=O)c-3c[nH]c12. The molecular formula is C22H23N5O. The summed E-state index contributed by atoms with van der Waals surface area (Å²) < 4.78 is 1.49. The van der Waals surface area contributed by atoms with Gasteiger partial charge in [-0.1, -0.05) is 18.2 Å². The zero-order chi connectivity index (χ0) is 19.1. The van der Waals surface area contributed by atoms with E-state index in [0.29, 0.717) is 5.56 Å². The van der Waals surface area contributed by atoms with Crippen molar-refractivity contribution in [3.63, 3.8) is 0 Å². The molecule has 28 heavy (non-hydrogen) atoms. The molecule has 3 aliphatic rings. The summed E-state index contributed by atoms with van der Waals surface area (Å²) in [6.45, 7) is 6.27. The van der Waals surface area contributed by atoms with Crippen molar-refractivity contribution in [3.05, 3.63) is 64.6 Å². The Bertz CT molecular complexity index is 1150. The van der Waals surface area contributed by atoms with Crippen LogP contribution in [0.5, 0.6) is 0 Å². The minimum Gasteiger partial charge on any atom is -0.370 e. The van der Waals surface area contributed by atoms with E-state index in [1.165, 1.54) is 15.9 Å². The third kappa shape index (κ3) is 2.68. The van der Waals surface area contributed by atoms with Gasteiger partial charge in [-0.05, 0) is 49.7 Å². The second kappa shape index (κ2) is 6.80. The fraction of sp³-hybridized carbons (Fsp3) is 0.273. The zero-order valence-electron chi connectivity index (χ0n) is 15.9. The van der Waals surface area contributed by atoms with Crippen LogP contribution in [-0.2, 0) is 0 Å². The first-order chi connectivity index (χ1) is 13.7. The number of fused-ring (bicyclic) bond motifs is 3. The number of para-hydroxylation sites is 1. The Hall–Kier alpha value is -3.12. The predicted octanol–water partition coefficient (Wildman–Crippen LogP) is 2.93. The van der Waals surface area contributed by atoms with Crippen molar-refractivity contribution in [1.82, 2.24) is 20.1 Å². The number of rotatable bonds is 2. The van der Waals surface area contributed by atoms with Crippen molar-refractivity contribution in [1.29, 1.82) is 0 Å². The molecule has 142 valence electrons. The van der Waals surface area contributed by atoms with Crippen LogP contribution >= 0.6 is 0 Å². The van der Waals surface area contributed by atoms with Gasteiger partial charge in [0.1, 0.15) is 5.69 Å². The minimum absolute atomic E-state index is 0.0975. The molecule has 6 heteroatoms. The Morgan fingerprint density at radius 3 is 2.75 bits per heavy atom. The van der Waals surface area contributed by atoms with E-state index >= 15 is 0 Å². The lowest BCUT2D eigenvalue weighted by molar-refractivity contribution is 0.724. The molecule has 0 bridgehead atoms. The third-order valence-electron chi connectivity index (χ3n) is 5.61. The summed E-state index contributed by atoms with van der Waals surface area (Å²) in [7, 11) is 0. The maximum atomic E-state index is 12.9. The first kappa shape index (κ1) is 17.0. The molecule has 2 aromatic rings. The molecule has 0 unspecified atom stereocenters. The summed E-state index contributed by atoms with van der Waals surface area (Å²) in [6, 6.07) is 13.8. The molecule has 3 aliphatic heterocycles. The number of hydrogen-bond donors (Lipinski definition) is 2. The molecule has 5 rings (SSSR count). The van der Waals surface area contributed by atoms with Crippen LogP contribution in [0.3, 0.4) is 0 Å². The lowest BCUT2D eigenvalue weighted by Gasteiger charge is -2.25. The summed E-state index contributed by atoms with van der Waals surface area (Å²) in [5.74, 6) is 0. The standard InChI is InChI=1S/C22H23N5O/c1-15-19(26-12-5-10-23-11-13-26)9-8-17-20(15)24-14-18-21(17)25-27(22(18)28)16-6-3-2-4-7-16/h2-4,6-9,14,23-24H,5,10-13H2,1H3. The molecule has 0 aromatic heterocycles. The Morgan fingerprint density at radius 1 is 1.04 bits per heavy atom. The van der Waals surface area contributed by atoms with E-state index in [0.717, 1.165) is 54.9 Å². The van der Waals surface area contributed by atoms with Gasteiger partial charge in [0.25, 0.3) is 5.56 Å². The highest BCUT2D eigenvalue weighted by Gasteiger charge is 2.21. The van der Waals surface area contributed by atoms with Crippen molar-refractivity contribution in [3.8, 4) is 16.9 Å². The normalized spacial score (nSPS) is 15.2. The number of pyridine rings is 1. The van der Waals surface area contributed by atoms with E-state index in [1.807, 2.05) is 30.3 Å². The van der Waals surface area contributed by atoms with Crippen LogP contribution < -0.4 is 15.8 Å². The number of nitrogens with one attached hydrogen (secondary N) is 2. The smallest absolute Gasteiger partial charge is 0.282 e. The molecule has 3 heterocycles. The lowest BCUT2D eigenvalue weighted by atomic mass is 10.0. The number of aryl methyl sites for hydroxylation is 1. The summed E-state index contributed by atoms with van der Waals surface area (Å²) in [4.78, 5) is 18.7. The van der Waals surface area contributed by atoms with Crippen LogP contribution in [0.4, 0.5) is 5.69 Å². The van der Waals surface area contributed by atoms with Gasteiger partial charge < -0.3 is 15.2 Å². The third-order valence-corrected chi connectivity index (χ3v) is 5.61. The minimum atomic E-state index is -0.0975. The highest BCUT2D eigenvalue weighted by atomic mass is 16.1. The largest absolute Gasteiger partial charge is 0.370 e. The van der Waals surface area contributed by atoms with Gasteiger partial charge in [0, 0.05) is 36.9 Å². The number of hydrogen-bond acceptors (Lipinski definition) is 4. The molecule has 0 spiro atoms. The Morgan fingerprint density at radius 2 is 1.89 bits per heavy atom. The van der Waals surface area contributed by atoms with Crippen molar-refractivity contribution >= 4 is 16.6 Å². The topological polar surface area (TPSA) is 66.0 Å². The highest BCUT2D eigenvalue weighted by molar-refractivity contribution is 5.97. The average Bonchev–Trinajstić information content (AvgIpc) is 2.90. The van der Waals surface area contributed by atoms with Crippen LogP contribution in [0, 0.1) is 6.92 Å². The van der Waals surface area contributed by atoms with E-state index in [9.17, 15) is 4.79 Å². The van der Waals surface area contributed by atoms with E-state index in [-0.39, 0.29) is 5.56 Å². The van der Waals surface area contributed by atoms with Crippen molar-refractivity contribution < 1.29 is 0 Å². The fourth-order valence-electron chi connectivity index (χ4n) is 4.15. The average molecular weight is 373 g/mol. The Labute approximate surface area is 163 Å². The van der Waals surface area contributed by atoms with E-state index in [4.69, 9.17) is 0 Å². The van der Waals surface area contributed by atoms with Crippen LogP contribution in [0.2, 0.25) is 0 Å². The summed E-state index contributed by atoms with van der Waals surface area (Å²) in [5.41, 5.74) is 5.53. The van der Waals surface area contributed by atoms with Crippen LogP contribution in [-0.4, -0.2) is 40.9 Å². The van der Waals surface area contributed by atoms with E-state index < -0.39 is 0 Å². The highest BCUT2D eigenvalue weighted by Crippen LogP contribution is 2.33. The Balaban J connectivity index is 1.68. The maximum absolute atomic E-state index is 12.9. The van der Waals surface area contributed by atoms with Crippen molar-refractivity contribution in [2.24, 2.45) is 0 Å². The van der Waals surface area contributed by atoms with Gasteiger partial charge in [-0.25, -0.2) is 0 Å². The van der Waals surface area contributed by atoms with Gasteiger partial charge in [-0.15, -0.1) is 0 Å². The van der Waals surface area contributed by atoms with E-state index in [2.05, 4.69) is 39.4 Å². The molecule has 0 aliphatic carbocycles. The summed E-state index contributed by atoms with van der Waals surface area (Å²) in [5, 5.41) is 9.11. The molecule has 0 saturated carbocycles. The fourth-order valence-corrected chi connectivity index (χ4v) is 4.15. The van der Waals surface area contributed by atoms with Gasteiger partial charge in [-0.2, -0.15) is 9.78 Å². The number of aromatic nitrogens is 3. The maximum Gasteiger partial charge on any atom is 0.282 e. The van der Waals surface area contributed by atoms with E-state index in [1.54, 1.807) is 6.20 Å². The molecule has 1 fully saturated rings. The monoisotopic (exact) mass is 373 g/mol. The van der Waals surface area contributed by atoms with Gasteiger partial charge in [-0.3, -0.25) is 4.79 Å². The molecule has 0 atom stereocenters. The molecule has 0 amide bonds. The first-order valence-electron chi connectivity index (χ1n) is 9.79. The van der Waals surface area contributed by atoms with Crippen molar-refractivity contribution in [2.75, 3.05) is 31.1 Å². The van der Waals surface area contributed by atoms with Gasteiger partial charge in [0.2, 0.25) is 0 Å². The number of anilines is 1. The molecule has 2 aromatic carbocycles. The molecule has 2 N–H and O–H groups in total. The first-order valence-corrected chi connectivity index (χ1v) is 9.79. The quantitative estimate of drug-likeness (QED) is 0.567. The van der Waals surface area contributed by atoms with Crippen LogP contribution in [0.15, 0.2) is 53.5 Å². The van der Waals surface area contributed by atoms with Gasteiger partial charge in [0.15, 0.2) is 0 Å². The van der Waals surface area contributed by atoms with Gasteiger partial charge in [0.05, 0.1) is 16.8 Å². The lowest BCUT2D eigenvalue weighted by Crippen LogP contribution is -2.28. The number of benzene rings is 2. The van der Waals surface area contributed by atoms with Crippen LogP contribution in [0.1, 0.15) is 12.0 Å². The zero-order valence-corrected chi connectivity index (χ0v) is 15.9. The predicted molar refractivity (Wildman–Crippen MR) is 113 cm³/mol. The Kier molecular flexibility index (Phi) is 4.13. The van der Waals surface area contributed by atoms with Gasteiger partial charge >= 0.3 is 0 Å². The molecule has 0 radical (unpaired) electrons. The van der Waals surface area contributed by atoms with Crippen molar-refractivity contribution in [2.45, 2.75) is 13.3 Å². The summed E-state index contributed by atoms with van der Waals surface area (Å²) >= 11 is 0. The molecular weight excluding hydrogens is 350 g/mol. The number of H-pyrrole nitrogens is 1. The summed E-state index contributed by atoms with van der Waals surface area (Å²) in [6.07, 6.45) is 2.94. The molecule has 1 saturated heterocycles. The second-order valence-electron chi connectivity index (χ2n) is 7.33. The number of nitrogens with zero attached hydrogens (tertiary/aromatic N) is 3. The number of aromatic amines is 1. The second-order valence-corrected chi connectivity index (χ2v) is 7.33.